The van der Waals surface area contributed by atoms with Gasteiger partial charge in [0.15, 0.2) is 0 Å². The van der Waals surface area contributed by atoms with Gasteiger partial charge in [-0.3, -0.25) is 9.89 Å². The van der Waals surface area contributed by atoms with Crippen LogP contribution in [-0.4, -0.2) is 16.1 Å². The Kier molecular flexibility index (Phi) is 3.43. The zero-order valence-corrected chi connectivity index (χ0v) is 16.0. The van der Waals surface area contributed by atoms with E-state index in [2.05, 4.69) is 37.5 Å². The lowest BCUT2D eigenvalue weighted by molar-refractivity contribution is -0.118. The Morgan fingerprint density at radius 1 is 1.38 bits per heavy atom. The van der Waals surface area contributed by atoms with Gasteiger partial charge >= 0.3 is 0 Å². The number of carbonyl (C=O) groups is 1. The number of aromatic nitrogens is 2. The largest absolute Gasteiger partial charge is 0.420 e. The Morgan fingerprint density at radius 2 is 2.12 bits per heavy atom. The van der Waals surface area contributed by atoms with Crippen LogP contribution in [0.4, 0.5) is 5.69 Å². The van der Waals surface area contributed by atoms with Gasteiger partial charge in [0.2, 0.25) is 17.7 Å². The highest BCUT2D eigenvalue weighted by Gasteiger charge is 2.59. The number of nitriles is 1. The third-order valence-corrected chi connectivity index (χ3v) is 5.97. The molecule has 2 aliphatic heterocycles. The Balaban J connectivity index is 2.21. The molecular weight excluding hydrogens is 398 g/mol. The van der Waals surface area contributed by atoms with E-state index >= 15 is 0 Å². The van der Waals surface area contributed by atoms with Gasteiger partial charge in [0.05, 0.1) is 5.56 Å². The van der Waals surface area contributed by atoms with Crippen LogP contribution in [0.1, 0.15) is 42.1 Å². The first-order valence-corrected chi connectivity index (χ1v) is 8.91. The molecule has 0 saturated heterocycles. The lowest BCUT2D eigenvalue weighted by Crippen LogP contribution is -2.43. The summed E-state index contributed by atoms with van der Waals surface area (Å²) in [5.74, 6) is -0.197. The topological polar surface area (TPSA) is 117 Å². The maximum Gasteiger partial charge on any atom is 0.245 e. The number of halogens is 1. The number of nitrogens with one attached hydrogen (secondary N) is 2. The summed E-state index contributed by atoms with van der Waals surface area (Å²) in [6, 6.07) is 5.84. The van der Waals surface area contributed by atoms with E-state index in [4.69, 9.17) is 10.5 Å². The normalized spacial score (nSPS) is 20.7. The molecule has 2 aromatic rings. The molecule has 1 aromatic heterocycles. The molecule has 1 spiro atoms. The average Bonchev–Trinajstić information content (AvgIpc) is 3.12. The number of hydrogen-bond acceptors (Lipinski definition) is 5. The fourth-order valence-corrected chi connectivity index (χ4v) is 4.40. The van der Waals surface area contributed by atoms with E-state index in [0.29, 0.717) is 16.8 Å². The van der Waals surface area contributed by atoms with Crippen LogP contribution in [0.2, 0.25) is 0 Å². The predicted molar refractivity (Wildman–Crippen MR) is 98.4 cm³/mol. The van der Waals surface area contributed by atoms with Crippen LogP contribution in [0, 0.1) is 18.3 Å². The molecular formula is C18H16BrN5O2. The first-order valence-electron chi connectivity index (χ1n) is 8.11. The van der Waals surface area contributed by atoms with Crippen LogP contribution in [-0.2, 0) is 10.2 Å². The minimum absolute atomic E-state index is 0.0337. The minimum atomic E-state index is -1.40. The first kappa shape index (κ1) is 16.7. The molecule has 4 rings (SSSR count). The second kappa shape index (κ2) is 5.35. The van der Waals surface area contributed by atoms with Crippen molar-refractivity contribution in [1.29, 1.82) is 5.26 Å². The van der Waals surface area contributed by atoms with Crippen LogP contribution in [0.15, 0.2) is 28.1 Å². The summed E-state index contributed by atoms with van der Waals surface area (Å²) in [6.45, 7) is 5.89. The summed E-state index contributed by atoms with van der Waals surface area (Å²) < 4.78 is 6.33. The molecule has 0 saturated carbocycles. The average molecular weight is 414 g/mol. The van der Waals surface area contributed by atoms with Crippen molar-refractivity contribution in [1.82, 2.24) is 10.2 Å². The van der Waals surface area contributed by atoms with Crippen LogP contribution >= 0.6 is 15.9 Å². The number of hydrogen-bond donors (Lipinski definition) is 3. The fourth-order valence-electron chi connectivity index (χ4n) is 3.75. The number of benzene rings is 1. The number of ether oxygens (including phenoxy) is 1. The highest BCUT2D eigenvalue weighted by atomic mass is 79.9. The molecule has 0 radical (unpaired) electrons. The van der Waals surface area contributed by atoms with Gasteiger partial charge < -0.3 is 15.8 Å². The Bertz CT molecular complexity index is 1050. The summed E-state index contributed by atoms with van der Waals surface area (Å²) in [6.07, 6.45) is 0. The third-order valence-electron chi connectivity index (χ3n) is 4.95. The van der Waals surface area contributed by atoms with Gasteiger partial charge in [-0.2, -0.15) is 5.26 Å². The van der Waals surface area contributed by atoms with Crippen molar-refractivity contribution in [3.63, 3.8) is 0 Å². The van der Waals surface area contributed by atoms with Gasteiger partial charge in [0.25, 0.3) is 0 Å². The van der Waals surface area contributed by atoms with Gasteiger partial charge in [-0.05, 0) is 24.5 Å². The number of anilines is 1. The van der Waals surface area contributed by atoms with Gasteiger partial charge in [0.1, 0.15) is 17.1 Å². The van der Waals surface area contributed by atoms with Crippen molar-refractivity contribution < 1.29 is 9.53 Å². The van der Waals surface area contributed by atoms with E-state index in [-0.39, 0.29) is 29.2 Å². The molecule has 26 heavy (non-hydrogen) atoms. The van der Waals surface area contributed by atoms with E-state index in [1.54, 1.807) is 0 Å². The van der Waals surface area contributed by atoms with Crippen LogP contribution in [0.25, 0.3) is 0 Å². The van der Waals surface area contributed by atoms with Crippen LogP contribution in [0.5, 0.6) is 5.88 Å². The summed E-state index contributed by atoms with van der Waals surface area (Å²) >= 11 is 3.61. The standard InChI is InChI=1S/C18H16BrN5O2/c1-7(2)14-12-16(24-23-14)26-15(21)9(6-20)18(12)11-10(22-17(18)25)5-4-8(3)13(11)19/h4-5,7H,21H2,1-3H3,(H,22,25)(H,23,24)/t18-/m0/s1. The zero-order valence-electron chi connectivity index (χ0n) is 14.4. The Labute approximate surface area is 158 Å². The van der Waals surface area contributed by atoms with Crippen molar-refractivity contribution in [2.24, 2.45) is 5.73 Å². The second-order valence-electron chi connectivity index (χ2n) is 6.75. The molecule has 2 aliphatic rings. The van der Waals surface area contributed by atoms with Gasteiger partial charge in [-0.1, -0.05) is 35.8 Å². The van der Waals surface area contributed by atoms with Crippen LogP contribution < -0.4 is 15.8 Å². The Hall–Kier alpha value is -2.79. The Morgan fingerprint density at radius 3 is 2.77 bits per heavy atom. The molecule has 7 nitrogen and oxygen atoms in total. The van der Waals surface area contributed by atoms with Gasteiger partial charge in [-0.15, -0.1) is 5.10 Å². The maximum absolute atomic E-state index is 13.4. The van der Waals surface area contributed by atoms with Crippen molar-refractivity contribution in [3.8, 4) is 11.9 Å². The van der Waals surface area contributed by atoms with Crippen molar-refractivity contribution in [3.05, 3.63) is 50.4 Å². The molecule has 1 atom stereocenters. The predicted octanol–water partition coefficient (Wildman–Crippen LogP) is 2.93. The van der Waals surface area contributed by atoms with E-state index < -0.39 is 5.41 Å². The monoisotopic (exact) mass is 413 g/mol. The molecule has 1 aromatic carbocycles. The molecule has 0 bridgehead atoms. The van der Waals surface area contributed by atoms with Crippen molar-refractivity contribution in [2.45, 2.75) is 32.1 Å². The summed E-state index contributed by atoms with van der Waals surface area (Å²) in [5, 5.41) is 20.0. The number of nitrogens with two attached hydrogens (primary N) is 1. The summed E-state index contributed by atoms with van der Waals surface area (Å²) in [7, 11) is 0. The number of carbonyl (C=O) groups excluding carboxylic acids is 1. The smallest absolute Gasteiger partial charge is 0.245 e. The zero-order chi connectivity index (χ0) is 18.8. The van der Waals surface area contributed by atoms with Gasteiger partial charge in [-0.25, -0.2) is 0 Å². The SMILES string of the molecule is Cc1ccc2c(c1Br)[C@@]1(C(=O)N2)C(C#N)=C(N)Oc2n[nH]c(C(C)C)c21. The van der Waals surface area contributed by atoms with Crippen molar-refractivity contribution in [2.75, 3.05) is 5.32 Å². The number of aromatic amines is 1. The van der Waals surface area contributed by atoms with E-state index in [1.165, 1.54) is 0 Å². The lowest BCUT2D eigenvalue weighted by atomic mass is 9.68. The molecule has 0 aliphatic carbocycles. The van der Waals surface area contributed by atoms with Crippen molar-refractivity contribution >= 4 is 27.5 Å². The number of fused-ring (bicyclic) bond motifs is 4. The van der Waals surface area contributed by atoms with Crippen LogP contribution in [0.3, 0.4) is 0 Å². The summed E-state index contributed by atoms with van der Waals surface area (Å²) in [5.41, 5.74) is 8.22. The van der Waals surface area contributed by atoms with Gasteiger partial charge in [0, 0.05) is 21.4 Å². The number of nitrogens with zero attached hydrogens (tertiary/aromatic N) is 2. The first-order chi connectivity index (χ1) is 12.3. The van der Waals surface area contributed by atoms with E-state index in [1.807, 2.05) is 32.9 Å². The summed E-state index contributed by atoms with van der Waals surface area (Å²) in [4.78, 5) is 13.4. The molecule has 1 amide bonds. The molecule has 0 fully saturated rings. The lowest BCUT2D eigenvalue weighted by Gasteiger charge is -2.33. The molecule has 0 unspecified atom stereocenters. The maximum atomic E-state index is 13.4. The second-order valence-corrected chi connectivity index (χ2v) is 7.54. The molecule has 132 valence electrons. The van der Waals surface area contributed by atoms with E-state index in [0.717, 1.165) is 15.7 Å². The number of H-pyrrole nitrogens is 1. The fraction of sp³-hybridized carbons (Fsp3) is 0.278. The quantitative estimate of drug-likeness (QED) is 0.664. The molecule has 8 heteroatoms. The molecule has 4 N–H and O–H groups in total. The minimum Gasteiger partial charge on any atom is -0.420 e. The number of amides is 1. The highest BCUT2D eigenvalue weighted by molar-refractivity contribution is 9.10. The molecule has 3 heterocycles. The van der Waals surface area contributed by atoms with E-state index in [9.17, 15) is 10.1 Å². The third kappa shape index (κ3) is 1.81. The highest BCUT2D eigenvalue weighted by Crippen LogP contribution is 2.56. The number of aryl methyl sites for hydroxylation is 1. The number of rotatable bonds is 1.